The maximum absolute atomic E-state index is 6.01. The Bertz CT molecular complexity index is 271. The van der Waals surface area contributed by atoms with Crippen LogP contribution in [0, 0.1) is 0 Å². The van der Waals surface area contributed by atoms with Crippen LogP contribution in [0.4, 0.5) is 0 Å². The Balaban J connectivity index is 2.26. The zero-order valence-electron chi connectivity index (χ0n) is 6.50. The van der Waals surface area contributed by atoms with Gasteiger partial charge < -0.3 is 4.74 Å². The van der Waals surface area contributed by atoms with Crippen molar-refractivity contribution in [2.75, 3.05) is 12.4 Å². The normalized spacial score (nSPS) is 22.9. The molecule has 1 fully saturated rings. The van der Waals surface area contributed by atoms with Crippen molar-refractivity contribution < 1.29 is 4.74 Å². The number of rotatable bonds is 1. The molecule has 0 bridgehead atoms. The van der Waals surface area contributed by atoms with E-state index < -0.39 is 0 Å². The van der Waals surface area contributed by atoms with Gasteiger partial charge in [0.05, 0.1) is 6.61 Å². The second-order valence-corrected chi connectivity index (χ2v) is 4.17. The molecule has 1 atom stereocenters. The quantitative estimate of drug-likeness (QED) is 0.689. The summed E-state index contributed by atoms with van der Waals surface area (Å²) in [5.41, 5.74) is 1.25. The maximum atomic E-state index is 6.01. The van der Waals surface area contributed by atoms with E-state index in [1.165, 1.54) is 0 Å². The Morgan fingerprint density at radius 3 is 2.92 bits per heavy atom. The van der Waals surface area contributed by atoms with Gasteiger partial charge >= 0.3 is 0 Å². The van der Waals surface area contributed by atoms with Gasteiger partial charge in [0.1, 0.15) is 5.44 Å². The molecular weight excluding hydrogens is 192 g/mol. The molecule has 1 unspecified atom stereocenters. The van der Waals surface area contributed by atoms with Gasteiger partial charge in [-0.05, 0) is 6.07 Å². The molecule has 0 saturated carbocycles. The first-order valence-electron chi connectivity index (χ1n) is 3.85. The lowest BCUT2D eigenvalue weighted by atomic mass is 10.2. The molecule has 0 N–H and O–H groups in total. The Morgan fingerprint density at radius 1 is 1.42 bits per heavy atom. The molecule has 0 aromatic heterocycles. The van der Waals surface area contributed by atoms with E-state index in [1.807, 2.05) is 24.3 Å². The minimum absolute atomic E-state index is 0.152. The highest BCUT2D eigenvalue weighted by atomic mass is 35.5. The van der Waals surface area contributed by atoms with E-state index in [9.17, 15) is 0 Å². The van der Waals surface area contributed by atoms with Crippen molar-refractivity contribution in [2.24, 2.45) is 0 Å². The van der Waals surface area contributed by atoms with Crippen LogP contribution in [-0.4, -0.2) is 12.4 Å². The van der Waals surface area contributed by atoms with Crippen LogP contribution >= 0.6 is 23.4 Å². The van der Waals surface area contributed by atoms with Crippen LogP contribution < -0.4 is 0 Å². The molecule has 0 aliphatic carbocycles. The van der Waals surface area contributed by atoms with E-state index in [4.69, 9.17) is 16.3 Å². The highest BCUT2D eigenvalue weighted by Crippen LogP contribution is 2.37. The zero-order chi connectivity index (χ0) is 8.39. The summed E-state index contributed by atoms with van der Waals surface area (Å²) in [5, 5.41) is 0.803. The van der Waals surface area contributed by atoms with E-state index in [1.54, 1.807) is 11.8 Å². The summed E-state index contributed by atoms with van der Waals surface area (Å²) in [5.74, 6) is 1.07. The molecule has 1 nitrogen and oxygen atoms in total. The minimum Gasteiger partial charge on any atom is -0.362 e. The predicted molar refractivity (Wildman–Crippen MR) is 52.6 cm³/mol. The van der Waals surface area contributed by atoms with E-state index >= 15 is 0 Å². The molecule has 0 radical (unpaired) electrons. The molecule has 64 valence electrons. The van der Waals surface area contributed by atoms with E-state index in [-0.39, 0.29) is 5.44 Å². The van der Waals surface area contributed by atoms with E-state index in [0.29, 0.717) is 0 Å². The summed E-state index contributed by atoms with van der Waals surface area (Å²) in [7, 11) is 0. The van der Waals surface area contributed by atoms with Crippen molar-refractivity contribution in [3.05, 3.63) is 34.9 Å². The molecule has 3 heteroatoms. The number of ether oxygens (including phenoxy) is 1. The van der Waals surface area contributed by atoms with Crippen LogP contribution in [0.3, 0.4) is 0 Å². The van der Waals surface area contributed by atoms with Crippen molar-refractivity contribution >= 4 is 23.4 Å². The first kappa shape index (κ1) is 8.42. The number of hydrogen-bond acceptors (Lipinski definition) is 2. The van der Waals surface area contributed by atoms with Gasteiger partial charge in [0, 0.05) is 16.3 Å². The first-order valence-corrected chi connectivity index (χ1v) is 5.28. The van der Waals surface area contributed by atoms with Crippen LogP contribution in [0.2, 0.25) is 5.02 Å². The number of benzene rings is 1. The first-order chi connectivity index (χ1) is 5.88. The molecule has 1 aliphatic rings. The smallest absolute Gasteiger partial charge is 0.130 e. The van der Waals surface area contributed by atoms with E-state index in [2.05, 4.69) is 0 Å². The van der Waals surface area contributed by atoms with Gasteiger partial charge in [-0.3, -0.25) is 0 Å². The lowest BCUT2D eigenvalue weighted by Gasteiger charge is -2.09. The molecule has 12 heavy (non-hydrogen) atoms. The summed E-state index contributed by atoms with van der Waals surface area (Å²) < 4.78 is 5.50. The van der Waals surface area contributed by atoms with Crippen molar-refractivity contribution in [1.82, 2.24) is 0 Å². The molecule has 1 aromatic carbocycles. The third kappa shape index (κ3) is 1.60. The van der Waals surface area contributed by atoms with Gasteiger partial charge in [-0.25, -0.2) is 0 Å². The Morgan fingerprint density at radius 2 is 2.25 bits per heavy atom. The average Bonchev–Trinajstić information content (AvgIpc) is 2.57. The predicted octanol–water partition coefficient (Wildman–Crippen LogP) is 3.10. The van der Waals surface area contributed by atoms with E-state index in [0.717, 1.165) is 22.9 Å². The van der Waals surface area contributed by atoms with Crippen molar-refractivity contribution in [3.8, 4) is 0 Å². The van der Waals surface area contributed by atoms with Crippen molar-refractivity contribution in [3.63, 3.8) is 0 Å². The highest BCUT2D eigenvalue weighted by molar-refractivity contribution is 7.99. The molecule has 1 aromatic rings. The number of halogens is 1. The lowest BCUT2D eigenvalue weighted by Crippen LogP contribution is -1.93. The minimum atomic E-state index is 0.152. The Labute approximate surface area is 81.1 Å². The maximum Gasteiger partial charge on any atom is 0.130 e. The van der Waals surface area contributed by atoms with Crippen molar-refractivity contribution in [1.29, 1.82) is 0 Å². The van der Waals surface area contributed by atoms with Gasteiger partial charge in [-0.1, -0.05) is 29.8 Å². The van der Waals surface area contributed by atoms with Gasteiger partial charge in [-0.2, -0.15) is 0 Å². The second-order valence-electron chi connectivity index (χ2n) is 2.60. The Kier molecular flexibility index (Phi) is 2.59. The van der Waals surface area contributed by atoms with Gasteiger partial charge in [0.15, 0.2) is 0 Å². The molecular formula is C9H9ClOS. The van der Waals surface area contributed by atoms with Crippen LogP contribution in [-0.2, 0) is 4.74 Å². The lowest BCUT2D eigenvalue weighted by molar-refractivity contribution is 0.145. The summed E-state index contributed by atoms with van der Waals surface area (Å²) in [6, 6.07) is 7.85. The summed E-state index contributed by atoms with van der Waals surface area (Å²) in [6.45, 7) is 0.834. The van der Waals surface area contributed by atoms with Crippen LogP contribution in [0.15, 0.2) is 24.3 Å². The fourth-order valence-corrected chi connectivity index (χ4v) is 2.49. The fraction of sp³-hybridized carbons (Fsp3) is 0.333. The van der Waals surface area contributed by atoms with Crippen LogP contribution in [0.5, 0.6) is 0 Å². The molecule has 1 aliphatic heterocycles. The van der Waals surface area contributed by atoms with Crippen LogP contribution in [0.25, 0.3) is 0 Å². The summed E-state index contributed by atoms with van der Waals surface area (Å²) in [4.78, 5) is 0. The number of hydrogen-bond donors (Lipinski definition) is 0. The molecule has 0 spiro atoms. The largest absolute Gasteiger partial charge is 0.362 e. The Hall–Kier alpha value is -0.180. The number of thioether (sulfide) groups is 1. The highest BCUT2D eigenvalue weighted by Gasteiger charge is 2.19. The standard InChI is InChI=1S/C9H9ClOS/c10-8-4-2-1-3-7(8)9-11-5-6-12-9/h1-4,9H,5-6H2. The zero-order valence-corrected chi connectivity index (χ0v) is 8.07. The van der Waals surface area contributed by atoms with Gasteiger partial charge in [0.25, 0.3) is 0 Å². The summed E-state index contributed by atoms with van der Waals surface area (Å²) >= 11 is 7.81. The topological polar surface area (TPSA) is 9.23 Å². The molecule has 2 rings (SSSR count). The fourth-order valence-electron chi connectivity index (χ4n) is 1.20. The van der Waals surface area contributed by atoms with Crippen LogP contribution in [0.1, 0.15) is 11.0 Å². The molecule has 1 saturated heterocycles. The average molecular weight is 201 g/mol. The second kappa shape index (κ2) is 3.69. The molecule has 0 amide bonds. The third-order valence-electron chi connectivity index (χ3n) is 1.78. The summed E-state index contributed by atoms with van der Waals surface area (Å²) in [6.07, 6.45) is 0. The van der Waals surface area contributed by atoms with Gasteiger partial charge in [-0.15, -0.1) is 11.8 Å². The van der Waals surface area contributed by atoms with Crippen molar-refractivity contribution in [2.45, 2.75) is 5.44 Å². The molecule has 1 heterocycles. The SMILES string of the molecule is Clc1ccccc1C1OCCS1. The monoisotopic (exact) mass is 200 g/mol. The third-order valence-corrected chi connectivity index (χ3v) is 3.22. The van der Waals surface area contributed by atoms with Gasteiger partial charge in [0.2, 0.25) is 0 Å².